The summed E-state index contributed by atoms with van der Waals surface area (Å²) in [5.41, 5.74) is 1.97. The molecule has 1 aromatic heterocycles. The highest BCUT2D eigenvalue weighted by Crippen LogP contribution is 2.35. The lowest BCUT2D eigenvalue weighted by molar-refractivity contribution is -0.134. The molecule has 3 saturated heterocycles. The minimum absolute atomic E-state index is 0.264. The van der Waals surface area contributed by atoms with Gasteiger partial charge in [0.1, 0.15) is 5.82 Å². The van der Waals surface area contributed by atoms with Gasteiger partial charge in [-0.15, -0.1) is 0 Å². The van der Waals surface area contributed by atoms with Crippen molar-refractivity contribution in [3.63, 3.8) is 0 Å². The minimum atomic E-state index is -0.526. The predicted molar refractivity (Wildman–Crippen MR) is 120 cm³/mol. The second kappa shape index (κ2) is 8.78. The van der Waals surface area contributed by atoms with Gasteiger partial charge in [-0.05, 0) is 37.3 Å². The molecule has 8 nitrogen and oxygen atoms in total. The van der Waals surface area contributed by atoms with Crippen molar-refractivity contribution in [1.82, 2.24) is 25.3 Å². The van der Waals surface area contributed by atoms with Crippen LogP contribution in [0.4, 0.5) is 10.1 Å². The van der Waals surface area contributed by atoms with Crippen LogP contribution in [-0.2, 0) is 16.6 Å². The molecule has 0 aliphatic carbocycles. The lowest BCUT2D eigenvalue weighted by Gasteiger charge is -2.37. The number of nitrogens with zero attached hydrogens (tertiary/aromatic N) is 4. The summed E-state index contributed by atoms with van der Waals surface area (Å²) >= 11 is 0. The van der Waals surface area contributed by atoms with Gasteiger partial charge in [-0.3, -0.25) is 19.6 Å². The number of benzene rings is 1. The largest absolute Gasteiger partial charge is 0.369 e. The van der Waals surface area contributed by atoms with Crippen LogP contribution in [0, 0.1) is 11.7 Å². The van der Waals surface area contributed by atoms with Gasteiger partial charge in [0.05, 0.1) is 22.8 Å². The second-order valence-corrected chi connectivity index (χ2v) is 9.31. The first kappa shape index (κ1) is 21.3. The maximum absolute atomic E-state index is 15.2. The molecule has 0 bridgehead atoms. The molecule has 4 heterocycles. The van der Waals surface area contributed by atoms with E-state index in [9.17, 15) is 9.59 Å². The van der Waals surface area contributed by atoms with Crippen molar-refractivity contribution >= 4 is 28.4 Å². The third kappa shape index (κ3) is 4.11. The molecule has 2 N–H and O–H groups in total. The number of hydrogen-bond acceptors (Lipinski definition) is 6. The highest BCUT2D eigenvalue weighted by molar-refractivity contribution is 6.02. The Morgan fingerprint density at radius 2 is 1.84 bits per heavy atom. The van der Waals surface area contributed by atoms with E-state index >= 15 is 4.39 Å². The summed E-state index contributed by atoms with van der Waals surface area (Å²) in [4.78, 5) is 28.5. The van der Waals surface area contributed by atoms with Crippen molar-refractivity contribution < 1.29 is 14.0 Å². The fourth-order valence-electron chi connectivity index (χ4n) is 5.36. The third-order valence-corrected chi connectivity index (χ3v) is 7.20. The quantitative estimate of drug-likeness (QED) is 0.696. The first-order valence-corrected chi connectivity index (χ1v) is 11.7. The van der Waals surface area contributed by atoms with Gasteiger partial charge in [0, 0.05) is 64.7 Å². The van der Waals surface area contributed by atoms with Gasteiger partial charge >= 0.3 is 0 Å². The van der Waals surface area contributed by atoms with Crippen molar-refractivity contribution in [1.29, 1.82) is 0 Å². The van der Waals surface area contributed by atoms with Crippen LogP contribution in [0.5, 0.6) is 0 Å². The molecule has 0 spiro atoms. The topological polar surface area (TPSA) is 82.5 Å². The summed E-state index contributed by atoms with van der Waals surface area (Å²) in [5, 5.41) is 11.0. The molecule has 2 amide bonds. The highest BCUT2D eigenvalue weighted by Gasteiger charge is 2.32. The van der Waals surface area contributed by atoms with Crippen molar-refractivity contribution in [3.8, 4) is 0 Å². The van der Waals surface area contributed by atoms with E-state index in [0.29, 0.717) is 29.1 Å². The van der Waals surface area contributed by atoms with E-state index in [0.717, 1.165) is 64.2 Å². The number of halogens is 1. The molecule has 32 heavy (non-hydrogen) atoms. The van der Waals surface area contributed by atoms with Crippen LogP contribution < -0.4 is 15.5 Å². The monoisotopic (exact) mass is 442 g/mol. The Kier molecular flexibility index (Phi) is 5.86. The number of hydrogen-bond donors (Lipinski definition) is 2. The van der Waals surface area contributed by atoms with Crippen molar-refractivity contribution in [2.24, 2.45) is 13.0 Å². The summed E-state index contributed by atoms with van der Waals surface area (Å²) in [6.45, 7) is 7.18. The Bertz CT molecular complexity index is 1020. The number of nitrogens with one attached hydrogen (secondary N) is 2. The molecule has 1 aromatic carbocycles. The molecule has 3 aliphatic rings. The Labute approximate surface area is 187 Å². The zero-order valence-electron chi connectivity index (χ0n) is 18.6. The zero-order valence-corrected chi connectivity index (χ0v) is 18.6. The lowest BCUT2D eigenvalue weighted by atomic mass is 9.92. The Hall–Kier alpha value is -2.52. The smallest absolute Gasteiger partial charge is 0.235 e. The molecule has 3 fully saturated rings. The van der Waals surface area contributed by atoms with Crippen LogP contribution in [0.3, 0.4) is 0 Å². The van der Waals surface area contributed by atoms with Crippen molar-refractivity contribution in [3.05, 3.63) is 23.6 Å². The van der Waals surface area contributed by atoms with Crippen molar-refractivity contribution in [2.45, 2.75) is 31.6 Å². The molecule has 1 atom stereocenters. The summed E-state index contributed by atoms with van der Waals surface area (Å²) < 4.78 is 17.0. The van der Waals surface area contributed by atoms with Gasteiger partial charge in [0.2, 0.25) is 11.8 Å². The molecule has 2 aromatic rings. The van der Waals surface area contributed by atoms with Gasteiger partial charge in [-0.2, -0.15) is 5.10 Å². The first-order chi connectivity index (χ1) is 15.5. The van der Waals surface area contributed by atoms with Gasteiger partial charge in [0.15, 0.2) is 0 Å². The average molecular weight is 443 g/mol. The van der Waals surface area contributed by atoms with E-state index in [-0.39, 0.29) is 24.1 Å². The summed E-state index contributed by atoms with van der Waals surface area (Å²) in [7, 11) is 1.82. The maximum Gasteiger partial charge on any atom is 0.235 e. The number of aromatic nitrogens is 2. The van der Waals surface area contributed by atoms with E-state index in [1.165, 1.54) is 6.07 Å². The average Bonchev–Trinajstić information content (AvgIpc) is 3.09. The lowest BCUT2D eigenvalue weighted by Crippen LogP contribution is -2.47. The Balaban J connectivity index is 1.32. The van der Waals surface area contributed by atoms with E-state index in [2.05, 4.69) is 25.5 Å². The van der Waals surface area contributed by atoms with E-state index < -0.39 is 5.92 Å². The number of carbonyl (C=O) groups excluding carboxylic acids is 2. The van der Waals surface area contributed by atoms with Gasteiger partial charge in [0.25, 0.3) is 0 Å². The van der Waals surface area contributed by atoms with Crippen molar-refractivity contribution in [2.75, 3.05) is 50.7 Å². The molecule has 1 unspecified atom stereocenters. The number of amides is 2. The standard InChI is InChI=1S/C23H31FN6O2/c1-28-19-13-20(30-8-4-15(5-9-30)14-29-10-6-25-7-11-29)18(24)12-17(19)22(27-28)16-2-3-21(31)26-23(16)32/h12-13,15-16,25H,2-11,14H2,1H3,(H,26,31,32). The molecule has 172 valence electrons. The minimum Gasteiger partial charge on any atom is -0.369 e. The van der Waals surface area contributed by atoms with Crippen LogP contribution in [0.25, 0.3) is 10.9 Å². The Morgan fingerprint density at radius 1 is 1.09 bits per heavy atom. The normalized spacial score (nSPS) is 23.7. The van der Waals surface area contributed by atoms with Crippen LogP contribution in [0.1, 0.15) is 37.3 Å². The van der Waals surface area contributed by atoms with Gasteiger partial charge < -0.3 is 15.1 Å². The van der Waals surface area contributed by atoms with Crippen LogP contribution in [0.15, 0.2) is 12.1 Å². The molecule has 3 aliphatic heterocycles. The first-order valence-electron chi connectivity index (χ1n) is 11.7. The fourth-order valence-corrected chi connectivity index (χ4v) is 5.36. The number of piperazine rings is 1. The molecule has 0 saturated carbocycles. The van der Waals surface area contributed by atoms with Gasteiger partial charge in [-0.25, -0.2) is 4.39 Å². The highest BCUT2D eigenvalue weighted by atomic mass is 19.1. The Morgan fingerprint density at radius 3 is 2.56 bits per heavy atom. The van der Waals surface area contributed by atoms with E-state index in [1.807, 2.05) is 13.1 Å². The van der Waals surface area contributed by atoms with Crippen LogP contribution >= 0.6 is 0 Å². The molecular weight excluding hydrogens is 411 g/mol. The number of rotatable bonds is 4. The summed E-state index contributed by atoms with van der Waals surface area (Å²) in [6, 6.07) is 3.38. The molecule has 5 rings (SSSR count). The number of fused-ring (bicyclic) bond motifs is 1. The van der Waals surface area contributed by atoms with E-state index in [1.54, 1.807) is 4.68 Å². The fraction of sp³-hybridized carbons (Fsp3) is 0.609. The number of anilines is 1. The molecular formula is C23H31FN6O2. The number of piperidine rings is 2. The molecule has 0 radical (unpaired) electrons. The summed E-state index contributed by atoms with van der Waals surface area (Å²) in [5.74, 6) is -0.758. The van der Waals surface area contributed by atoms with Crippen LogP contribution in [-0.4, -0.2) is 72.3 Å². The van der Waals surface area contributed by atoms with Gasteiger partial charge in [-0.1, -0.05) is 0 Å². The van der Waals surface area contributed by atoms with E-state index in [4.69, 9.17) is 0 Å². The SMILES string of the molecule is Cn1nc(C2CCC(=O)NC2=O)c2cc(F)c(N3CCC(CN4CCNCC4)CC3)cc21. The number of carbonyl (C=O) groups is 2. The third-order valence-electron chi connectivity index (χ3n) is 7.20. The van der Waals surface area contributed by atoms with Crippen LogP contribution in [0.2, 0.25) is 0 Å². The number of aryl methyl sites for hydroxylation is 1. The maximum atomic E-state index is 15.2. The zero-order chi connectivity index (χ0) is 22.2. The summed E-state index contributed by atoms with van der Waals surface area (Å²) in [6.07, 6.45) is 2.81. The number of imide groups is 1. The second-order valence-electron chi connectivity index (χ2n) is 9.31. The predicted octanol–water partition coefficient (Wildman–Crippen LogP) is 1.35. The molecule has 9 heteroatoms.